The Morgan fingerprint density at radius 1 is 1.52 bits per heavy atom. The molecular formula is C16H25N3O2. The van der Waals surface area contributed by atoms with E-state index in [1.807, 2.05) is 38.1 Å². The van der Waals surface area contributed by atoms with Gasteiger partial charge in [-0.2, -0.15) is 0 Å². The quantitative estimate of drug-likeness (QED) is 0.904. The first-order chi connectivity index (χ1) is 10.1. The van der Waals surface area contributed by atoms with Gasteiger partial charge in [0, 0.05) is 32.0 Å². The molecule has 116 valence electrons. The zero-order valence-corrected chi connectivity index (χ0v) is 13.3. The summed E-state index contributed by atoms with van der Waals surface area (Å²) in [6.45, 7) is 4.86. The summed E-state index contributed by atoms with van der Waals surface area (Å²) in [6, 6.07) is 3.88. The number of anilines is 1. The zero-order valence-electron chi connectivity index (χ0n) is 13.3. The lowest BCUT2D eigenvalue weighted by atomic mass is 10.1. The van der Waals surface area contributed by atoms with Crippen LogP contribution in [-0.4, -0.2) is 48.6 Å². The molecule has 21 heavy (non-hydrogen) atoms. The number of carbonyl (C=O) groups excluding carboxylic acids is 1. The van der Waals surface area contributed by atoms with E-state index in [1.54, 1.807) is 0 Å². The molecule has 0 bridgehead atoms. The van der Waals surface area contributed by atoms with Gasteiger partial charge in [0.2, 0.25) is 0 Å². The van der Waals surface area contributed by atoms with Gasteiger partial charge < -0.3 is 15.0 Å². The van der Waals surface area contributed by atoms with Gasteiger partial charge >= 0.3 is 0 Å². The van der Waals surface area contributed by atoms with E-state index in [1.165, 1.54) is 0 Å². The molecule has 0 saturated carbocycles. The molecule has 1 amide bonds. The Labute approximate surface area is 126 Å². The van der Waals surface area contributed by atoms with Gasteiger partial charge in [-0.3, -0.25) is 4.79 Å². The molecule has 1 aromatic heterocycles. The number of ether oxygens (including phenoxy) is 1. The van der Waals surface area contributed by atoms with Crippen LogP contribution in [0.5, 0.6) is 0 Å². The molecule has 0 aliphatic carbocycles. The van der Waals surface area contributed by atoms with Crippen molar-refractivity contribution in [2.75, 3.05) is 26.0 Å². The predicted octanol–water partition coefficient (Wildman–Crippen LogP) is 2.33. The topological polar surface area (TPSA) is 54.5 Å². The summed E-state index contributed by atoms with van der Waals surface area (Å²) >= 11 is 0. The molecule has 0 radical (unpaired) electrons. The van der Waals surface area contributed by atoms with Crippen molar-refractivity contribution >= 4 is 11.7 Å². The van der Waals surface area contributed by atoms with E-state index in [9.17, 15) is 4.79 Å². The van der Waals surface area contributed by atoms with Crippen molar-refractivity contribution in [2.24, 2.45) is 0 Å². The fourth-order valence-electron chi connectivity index (χ4n) is 2.81. The molecule has 1 aromatic rings. The number of carbonyl (C=O) groups is 1. The summed E-state index contributed by atoms with van der Waals surface area (Å²) in [4.78, 5) is 19.0. The van der Waals surface area contributed by atoms with E-state index >= 15 is 0 Å². The molecule has 5 nitrogen and oxygen atoms in total. The molecular weight excluding hydrogens is 266 g/mol. The van der Waals surface area contributed by atoms with Gasteiger partial charge in [0.25, 0.3) is 5.91 Å². The summed E-state index contributed by atoms with van der Waals surface area (Å²) < 4.78 is 5.56. The van der Waals surface area contributed by atoms with Crippen molar-refractivity contribution in [3.8, 4) is 0 Å². The molecule has 2 heterocycles. The van der Waals surface area contributed by atoms with E-state index in [2.05, 4.69) is 17.2 Å². The Morgan fingerprint density at radius 3 is 2.86 bits per heavy atom. The molecule has 5 heteroatoms. The van der Waals surface area contributed by atoms with Crippen LogP contribution in [-0.2, 0) is 11.2 Å². The second-order valence-electron chi connectivity index (χ2n) is 5.58. The maximum absolute atomic E-state index is 12.7. The summed E-state index contributed by atoms with van der Waals surface area (Å²) in [5.41, 5.74) is 1.65. The first-order valence-corrected chi connectivity index (χ1v) is 7.64. The van der Waals surface area contributed by atoms with Crippen LogP contribution in [0.25, 0.3) is 0 Å². The van der Waals surface area contributed by atoms with Crippen LogP contribution < -0.4 is 5.32 Å². The molecule has 1 fully saturated rings. The number of nitrogens with one attached hydrogen (secondary N) is 1. The molecule has 2 atom stereocenters. The maximum Gasteiger partial charge on any atom is 0.254 e. The monoisotopic (exact) mass is 291 g/mol. The molecule has 2 unspecified atom stereocenters. The Hall–Kier alpha value is -1.62. The number of aromatic nitrogens is 1. The lowest BCUT2D eigenvalue weighted by Crippen LogP contribution is -2.41. The van der Waals surface area contributed by atoms with E-state index in [-0.39, 0.29) is 18.1 Å². The van der Waals surface area contributed by atoms with Gasteiger partial charge in [0.1, 0.15) is 5.82 Å². The lowest BCUT2D eigenvalue weighted by molar-refractivity contribution is 0.0574. The van der Waals surface area contributed by atoms with Crippen molar-refractivity contribution in [1.29, 1.82) is 0 Å². The highest BCUT2D eigenvalue weighted by molar-refractivity contribution is 5.95. The van der Waals surface area contributed by atoms with Gasteiger partial charge in [0.15, 0.2) is 0 Å². The Kier molecular flexibility index (Phi) is 5.17. The molecule has 2 rings (SSSR count). The van der Waals surface area contributed by atoms with E-state index in [0.29, 0.717) is 5.56 Å². The van der Waals surface area contributed by atoms with Gasteiger partial charge in [-0.1, -0.05) is 13.3 Å². The fraction of sp³-hybridized carbons (Fsp3) is 0.625. The van der Waals surface area contributed by atoms with Gasteiger partial charge in [-0.15, -0.1) is 0 Å². The van der Waals surface area contributed by atoms with Gasteiger partial charge in [-0.25, -0.2) is 4.98 Å². The molecule has 1 N–H and O–H groups in total. The average Bonchev–Trinajstić information content (AvgIpc) is 2.91. The Bertz CT molecular complexity index is 504. The van der Waals surface area contributed by atoms with Crippen LogP contribution in [0.3, 0.4) is 0 Å². The third-order valence-electron chi connectivity index (χ3n) is 4.04. The second-order valence-corrected chi connectivity index (χ2v) is 5.58. The van der Waals surface area contributed by atoms with Crippen molar-refractivity contribution < 1.29 is 9.53 Å². The van der Waals surface area contributed by atoms with Gasteiger partial charge in [-0.05, 0) is 31.9 Å². The highest BCUT2D eigenvalue weighted by atomic mass is 16.5. The number of pyridine rings is 1. The maximum atomic E-state index is 12.7. The van der Waals surface area contributed by atoms with E-state index in [0.717, 1.165) is 37.4 Å². The number of nitrogens with zero attached hydrogens (tertiary/aromatic N) is 2. The lowest BCUT2D eigenvalue weighted by Gasteiger charge is -2.27. The standard InChI is InChI=1S/C16H25N3O2/c1-5-6-13-9-12(10-15(17-3)18-13)16(20)19(4)14-7-8-21-11(14)2/h9-11,14H,5-8H2,1-4H3,(H,17,18). The first-order valence-electron chi connectivity index (χ1n) is 7.64. The van der Waals surface area contributed by atoms with Gasteiger partial charge in [0.05, 0.1) is 12.1 Å². The van der Waals surface area contributed by atoms with Crippen LogP contribution >= 0.6 is 0 Å². The summed E-state index contributed by atoms with van der Waals surface area (Å²) in [7, 11) is 3.68. The number of amides is 1. The SMILES string of the molecule is CCCc1cc(C(=O)N(C)C2CCOC2C)cc(NC)n1. The third-order valence-corrected chi connectivity index (χ3v) is 4.04. The highest BCUT2D eigenvalue weighted by Gasteiger charge is 2.31. The molecule has 1 aliphatic heterocycles. The number of hydrogen-bond donors (Lipinski definition) is 1. The van der Waals surface area contributed by atoms with Crippen LogP contribution in [0.15, 0.2) is 12.1 Å². The van der Waals surface area contributed by atoms with Crippen LogP contribution in [0.1, 0.15) is 42.7 Å². The van der Waals surface area contributed by atoms with E-state index in [4.69, 9.17) is 4.74 Å². The van der Waals surface area contributed by atoms with Crippen LogP contribution in [0, 0.1) is 0 Å². The first kappa shape index (κ1) is 15.8. The number of hydrogen-bond acceptors (Lipinski definition) is 4. The normalized spacial score (nSPS) is 21.3. The number of aryl methyl sites for hydroxylation is 1. The van der Waals surface area contributed by atoms with Crippen LogP contribution in [0.4, 0.5) is 5.82 Å². The zero-order chi connectivity index (χ0) is 15.4. The minimum absolute atomic E-state index is 0.0357. The highest BCUT2D eigenvalue weighted by Crippen LogP contribution is 2.21. The summed E-state index contributed by atoms with van der Waals surface area (Å²) in [5.74, 6) is 0.780. The molecule has 1 saturated heterocycles. The van der Waals surface area contributed by atoms with E-state index < -0.39 is 0 Å². The molecule has 0 spiro atoms. The smallest absolute Gasteiger partial charge is 0.254 e. The molecule has 1 aliphatic rings. The fourth-order valence-corrected chi connectivity index (χ4v) is 2.81. The largest absolute Gasteiger partial charge is 0.376 e. The third kappa shape index (κ3) is 3.53. The summed E-state index contributed by atoms with van der Waals surface area (Å²) in [6.07, 6.45) is 2.88. The Balaban J connectivity index is 2.23. The number of rotatable bonds is 5. The van der Waals surface area contributed by atoms with Crippen molar-refractivity contribution in [1.82, 2.24) is 9.88 Å². The minimum atomic E-state index is 0.0357. The summed E-state index contributed by atoms with van der Waals surface area (Å²) in [5, 5.41) is 3.03. The average molecular weight is 291 g/mol. The van der Waals surface area contributed by atoms with Crippen molar-refractivity contribution in [3.63, 3.8) is 0 Å². The Morgan fingerprint density at radius 2 is 2.29 bits per heavy atom. The van der Waals surface area contributed by atoms with Crippen molar-refractivity contribution in [3.05, 3.63) is 23.4 Å². The number of likely N-dealkylation sites (N-methyl/N-ethyl adjacent to an activating group) is 1. The minimum Gasteiger partial charge on any atom is -0.376 e. The molecule has 0 aromatic carbocycles. The second kappa shape index (κ2) is 6.89. The van der Waals surface area contributed by atoms with Crippen LogP contribution in [0.2, 0.25) is 0 Å². The predicted molar refractivity (Wildman–Crippen MR) is 83.7 cm³/mol. The van der Waals surface area contributed by atoms with Crippen molar-refractivity contribution in [2.45, 2.75) is 45.3 Å².